The zero-order chi connectivity index (χ0) is 12.0. The number of aliphatic hydroxyl groups is 1. The maximum absolute atomic E-state index is 11.3. The van der Waals surface area contributed by atoms with Gasteiger partial charge in [-0.25, -0.2) is 0 Å². The number of carbonyl (C=O) groups excluding carboxylic acids is 2. The molecule has 3 atom stereocenters. The zero-order valence-electron chi connectivity index (χ0n) is 9.06. The third kappa shape index (κ3) is 6.87. The highest BCUT2D eigenvalue weighted by molar-refractivity contribution is 5.87. The van der Waals surface area contributed by atoms with E-state index in [4.69, 9.17) is 16.6 Å². The van der Waals surface area contributed by atoms with Crippen molar-refractivity contribution in [2.75, 3.05) is 0 Å². The van der Waals surface area contributed by atoms with Crippen LogP contribution in [0.15, 0.2) is 0 Å². The second-order valence-electron chi connectivity index (χ2n) is 3.77. The van der Waals surface area contributed by atoms with Crippen molar-refractivity contribution in [2.45, 2.75) is 44.9 Å². The third-order valence-corrected chi connectivity index (χ3v) is 1.84. The number of nitrogens with two attached hydrogens (primary N) is 2. The van der Waals surface area contributed by atoms with Gasteiger partial charge in [-0.1, -0.05) is 0 Å². The van der Waals surface area contributed by atoms with Gasteiger partial charge in [0.15, 0.2) is 0 Å². The zero-order valence-corrected chi connectivity index (χ0v) is 9.06. The minimum atomic E-state index is -0.918. The molecule has 0 aromatic rings. The minimum absolute atomic E-state index is 0.173. The van der Waals surface area contributed by atoms with Crippen LogP contribution in [-0.2, 0) is 9.59 Å². The van der Waals surface area contributed by atoms with E-state index in [2.05, 4.69) is 5.32 Å². The summed E-state index contributed by atoms with van der Waals surface area (Å²) in [5.74, 6) is -1.04. The predicted molar refractivity (Wildman–Crippen MR) is 55.7 cm³/mol. The van der Waals surface area contributed by atoms with Gasteiger partial charge in [0.05, 0.1) is 18.6 Å². The Morgan fingerprint density at radius 1 is 1.40 bits per heavy atom. The molecule has 2 amide bonds. The van der Waals surface area contributed by atoms with Crippen molar-refractivity contribution < 1.29 is 14.7 Å². The molecule has 0 radical (unpaired) electrons. The van der Waals surface area contributed by atoms with Crippen LogP contribution >= 0.6 is 0 Å². The Morgan fingerprint density at radius 3 is 2.33 bits per heavy atom. The van der Waals surface area contributed by atoms with Crippen molar-refractivity contribution in [3.05, 3.63) is 0 Å². The van der Waals surface area contributed by atoms with Gasteiger partial charge in [-0.2, -0.15) is 0 Å². The molecule has 0 aliphatic heterocycles. The molecule has 6 nitrogen and oxygen atoms in total. The fourth-order valence-electron chi connectivity index (χ4n) is 1.23. The van der Waals surface area contributed by atoms with Gasteiger partial charge in [0.1, 0.15) is 0 Å². The highest BCUT2D eigenvalue weighted by Crippen LogP contribution is 1.97. The highest BCUT2D eigenvalue weighted by Gasteiger charge is 2.18. The van der Waals surface area contributed by atoms with Crippen LogP contribution in [0.3, 0.4) is 0 Å². The molecular formula is C9H19N3O3. The van der Waals surface area contributed by atoms with Gasteiger partial charge in [-0.15, -0.1) is 0 Å². The molecule has 0 fully saturated rings. The summed E-state index contributed by atoms with van der Waals surface area (Å²) in [5, 5.41) is 11.6. The van der Waals surface area contributed by atoms with E-state index in [-0.39, 0.29) is 12.5 Å². The lowest BCUT2D eigenvalue weighted by Gasteiger charge is -2.17. The summed E-state index contributed by atoms with van der Waals surface area (Å²) in [7, 11) is 0. The molecule has 0 aliphatic carbocycles. The Labute approximate surface area is 89.0 Å². The van der Waals surface area contributed by atoms with Crippen molar-refractivity contribution in [2.24, 2.45) is 11.5 Å². The molecule has 0 spiro atoms. The van der Waals surface area contributed by atoms with Crippen LogP contribution < -0.4 is 16.8 Å². The van der Waals surface area contributed by atoms with Crippen molar-refractivity contribution >= 4 is 11.8 Å². The van der Waals surface area contributed by atoms with E-state index >= 15 is 0 Å². The molecule has 0 saturated heterocycles. The average molecular weight is 217 g/mol. The van der Waals surface area contributed by atoms with E-state index in [1.807, 2.05) is 0 Å². The van der Waals surface area contributed by atoms with Crippen LogP contribution in [0.25, 0.3) is 0 Å². The molecular weight excluding hydrogens is 198 g/mol. The van der Waals surface area contributed by atoms with Crippen molar-refractivity contribution in [3.8, 4) is 0 Å². The summed E-state index contributed by atoms with van der Waals surface area (Å²) >= 11 is 0. The maximum Gasteiger partial charge on any atom is 0.237 e. The Bertz CT molecular complexity index is 231. The molecule has 88 valence electrons. The van der Waals surface area contributed by atoms with E-state index in [0.29, 0.717) is 6.42 Å². The summed E-state index contributed by atoms with van der Waals surface area (Å²) in [6.45, 7) is 3.38. The number of hydrogen-bond donors (Lipinski definition) is 4. The Kier molecular flexibility index (Phi) is 5.88. The lowest BCUT2D eigenvalue weighted by Crippen LogP contribution is -2.46. The van der Waals surface area contributed by atoms with Crippen LogP contribution in [0.4, 0.5) is 0 Å². The largest absolute Gasteiger partial charge is 0.393 e. The summed E-state index contributed by atoms with van der Waals surface area (Å²) in [5.41, 5.74) is 10.3. The van der Waals surface area contributed by atoms with Gasteiger partial charge in [0.25, 0.3) is 0 Å². The van der Waals surface area contributed by atoms with E-state index in [9.17, 15) is 9.59 Å². The first-order valence-electron chi connectivity index (χ1n) is 4.85. The van der Waals surface area contributed by atoms with Gasteiger partial charge < -0.3 is 21.9 Å². The average Bonchev–Trinajstić information content (AvgIpc) is 2.00. The smallest absolute Gasteiger partial charge is 0.237 e. The van der Waals surface area contributed by atoms with E-state index in [0.717, 1.165) is 0 Å². The Hall–Kier alpha value is -1.14. The number of hydrogen-bond acceptors (Lipinski definition) is 4. The van der Waals surface area contributed by atoms with Crippen molar-refractivity contribution in [1.29, 1.82) is 0 Å². The summed E-state index contributed by atoms with van der Waals surface area (Å²) in [6.07, 6.45) is -0.227. The molecule has 6 N–H and O–H groups in total. The van der Waals surface area contributed by atoms with Gasteiger partial charge in [0, 0.05) is 6.04 Å². The second kappa shape index (κ2) is 6.36. The summed E-state index contributed by atoms with van der Waals surface area (Å²) < 4.78 is 0. The van der Waals surface area contributed by atoms with E-state index in [1.54, 1.807) is 13.8 Å². The number of carbonyl (C=O) groups is 2. The minimum Gasteiger partial charge on any atom is -0.393 e. The van der Waals surface area contributed by atoms with Gasteiger partial charge in [-0.3, -0.25) is 9.59 Å². The number of rotatable bonds is 6. The Morgan fingerprint density at radius 2 is 1.93 bits per heavy atom. The van der Waals surface area contributed by atoms with Gasteiger partial charge >= 0.3 is 0 Å². The topological polar surface area (TPSA) is 118 Å². The van der Waals surface area contributed by atoms with Crippen LogP contribution in [0.2, 0.25) is 0 Å². The van der Waals surface area contributed by atoms with Gasteiger partial charge in [-0.05, 0) is 20.3 Å². The molecule has 0 bridgehead atoms. The SMILES string of the molecule is CC(O)CC(C)NC(=O)C(N)CC(N)=O. The molecule has 15 heavy (non-hydrogen) atoms. The molecule has 3 unspecified atom stereocenters. The quantitative estimate of drug-likeness (QED) is 0.431. The van der Waals surface area contributed by atoms with Crippen LogP contribution in [0.1, 0.15) is 26.7 Å². The molecule has 0 rings (SSSR count). The Balaban J connectivity index is 3.95. The molecule has 0 aromatic carbocycles. The molecule has 0 heterocycles. The van der Waals surface area contributed by atoms with Crippen molar-refractivity contribution in [1.82, 2.24) is 5.32 Å². The standard InChI is InChI=1S/C9H19N3O3/c1-5(3-6(2)13)12-9(15)7(10)4-8(11)14/h5-7,13H,3-4,10H2,1-2H3,(H2,11,14)(H,12,15). The maximum atomic E-state index is 11.3. The predicted octanol–water partition coefficient (Wildman–Crippen LogP) is -1.54. The summed E-state index contributed by atoms with van der Waals surface area (Å²) in [4.78, 5) is 21.8. The van der Waals surface area contributed by atoms with Crippen molar-refractivity contribution in [3.63, 3.8) is 0 Å². The monoisotopic (exact) mass is 217 g/mol. The first kappa shape index (κ1) is 13.9. The van der Waals surface area contributed by atoms with Crippen LogP contribution in [0.5, 0.6) is 0 Å². The lowest BCUT2D eigenvalue weighted by atomic mass is 10.1. The normalized spacial score (nSPS) is 16.5. The van der Waals surface area contributed by atoms with Crippen LogP contribution in [-0.4, -0.2) is 35.1 Å². The third-order valence-electron chi connectivity index (χ3n) is 1.84. The number of nitrogens with one attached hydrogen (secondary N) is 1. The first-order valence-corrected chi connectivity index (χ1v) is 4.85. The van der Waals surface area contributed by atoms with Gasteiger partial charge in [0.2, 0.25) is 11.8 Å². The van der Waals surface area contributed by atoms with E-state index in [1.165, 1.54) is 0 Å². The highest BCUT2D eigenvalue weighted by atomic mass is 16.3. The summed E-state index contributed by atoms with van der Waals surface area (Å²) in [6, 6.07) is -1.10. The second-order valence-corrected chi connectivity index (χ2v) is 3.77. The molecule has 0 aromatic heterocycles. The number of amides is 2. The number of aliphatic hydroxyl groups excluding tert-OH is 1. The molecule has 0 saturated carbocycles. The lowest BCUT2D eigenvalue weighted by molar-refractivity contribution is -0.126. The fraction of sp³-hybridized carbons (Fsp3) is 0.778. The molecule has 6 heteroatoms. The van der Waals surface area contributed by atoms with E-state index < -0.39 is 24.0 Å². The number of primary amides is 1. The fourth-order valence-corrected chi connectivity index (χ4v) is 1.23. The molecule has 0 aliphatic rings. The van der Waals surface area contributed by atoms with Crippen LogP contribution in [0, 0.1) is 0 Å². The first-order chi connectivity index (χ1) is 6.82.